The second-order valence-corrected chi connectivity index (χ2v) is 7.44. The Morgan fingerprint density at radius 1 is 0.950 bits per heavy atom. The van der Waals surface area contributed by atoms with Crippen LogP contribution in [0.2, 0.25) is 0 Å². The van der Waals surface area contributed by atoms with Crippen molar-refractivity contribution in [1.29, 1.82) is 0 Å². The minimum atomic E-state index is -0.400. The highest BCUT2D eigenvalue weighted by atomic mass is 16.3. The van der Waals surface area contributed by atoms with Crippen LogP contribution in [0.1, 0.15) is 64.7 Å². The van der Waals surface area contributed by atoms with Crippen molar-refractivity contribution in [3.8, 4) is 0 Å². The largest absolute Gasteiger partial charge is 0.389 e. The van der Waals surface area contributed by atoms with Crippen LogP contribution in [0, 0.1) is 5.41 Å². The Kier molecular flexibility index (Phi) is 5.88. The average Bonchev–Trinajstić information content (AvgIpc) is 2.83. The Morgan fingerprint density at radius 2 is 1.55 bits per heavy atom. The monoisotopic (exact) mass is 282 g/mol. The van der Waals surface area contributed by atoms with Gasteiger partial charge in [0, 0.05) is 19.6 Å². The first-order valence-corrected chi connectivity index (χ1v) is 8.69. The van der Waals surface area contributed by atoms with Crippen LogP contribution in [0.4, 0.5) is 0 Å². The number of nitrogens with one attached hydrogen (secondary N) is 1. The number of hydrogen-bond acceptors (Lipinski definition) is 3. The summed E-state index contributed by atoms with van der Waals surface area (Å²) in [7, 11) is 2.21. The zero-order valence-electron chi connectivity index (χ0n) is 13.6. The Morgan fingerprint density at radius 3 is 2.15 bits per heavy atom. The molecule has 2 fully saturated rings. The van der Waals surface area contributed by atoms with Gasteiger partial charge >= 0.3 is 0 Å². The molecule has 0 saturated heterocycles. The summed E-state index contributed by atoms with van der Waals surface area (Å²) < 4.78 is 0. The molecule has 2 rings (SSSR count). The lowest BCUT2D eigenvalue weighted by atomic mass is 9.73. The van der Waals surface area contributed by atoms with E-state index in [0.717, 1.165) is 39.0 Å². The van der Waals surface area contributed by atoms with Crippen molar-refractivity contribution in [2.75, 3.05) is 33.2 Å². The number of hydrogen-bond donors (Lipinski definition) is 2. The Labute approximate surface area is 125 Å². The number of likely N-dealkylation sites (N-methyl/N-ethyl adjacent to an activating group) is 1. The summed E-state index contributed by atoms with van der Waals surface area (Å²) in [6.45, 7) is 6.41. The van der Waals surface area contributed by atoms with Gasteiger partial charge in [-0.15, -0.1) is 0 Å². The molecule has 2 aliphatic rings. The van der Waals surface area contributed by atoms with Crippen molar-refractivity contribution in [3.63, 3.8) is 0 Å². The van der Waals surface area contributed by atoms with Crippen LogP contribution in [0.5, 0.6) is 0 Å². The predicted molar refractivity (Wildman–Crippen MR) is 85.0 cm³/mol. The number of nitrogens with zero attached hydrogens (tertiary/aromatic N) is 1. The minimum Gasteiger partial charge on any atom is -0.389 e. The summed E-state index contributed by atoms with van der Waals surface area (Å²) in [5, 5.41) is 14.2. The summed E-state index contributed by atoms with van der Waals surface area (Å²) in [6, 6.07) is 0. The fourth-order valence-corrected chi connectivity index (χ4v) is 4.40. The summed E-state index contributed by atoms with van der Waals surface area (Å²) in [6.07, 6.45) is 11.3. The molecule has 0 bridgehead atoms. The van der Waals surface area contributed by atoms with E-state index in [4.69, 9.17) is 0 Å². The molecule has 0 spiro atoms. The molecule has 0 atom stereocenters. The van der Waals surface area contributed by atoms with Gasteiger partial charge in [-0.05, 0) is 44.7 Å². The van der Waals surface area contributed by atoms with Crippen LogP contribution in [-0.2, 0) is 0 Å². The van der Waals surface area contributed by atoms with E-state index in [1.165, 1.54) is 44.9 Å². The SMILES string of the molecule is CCNCC1(CN(C)CC2(O)CCCC2)CCCCC1. The van der Waals surface area contributed by atoms with Gasteiger partial charge in [0.2, 0.25) is 0 Å². The van der Waals surface area contributed by atoms with Gasteiger partial charge in [-0.1, -0.05) is 39.0 Å². The molecule has 2 saturated carbocycles. The zero-order chi connectivity index (χ0) is 14.5. The molecular formula is C17H34N2O. The first-order valence-electron chi connectivity index (χ1n) is 8.69. The summed E-state index contributed by atoms with van der Waals surface area (Å²) in [4.78, 5) is 2.41. The van der Waals surface area contributed by atoms with E-state index in [9.17, 15) is 5.11 Å². The molecule has 0 heterocycles. The lowest BCUT2D eigenvalue weighted by molar-refractivity contribution is 0.000654. The summed E-state index contributed by atoms with van der Waals surface area (Å²) >= 11 is 0. The Hall–Kier alpha value is -0.120. The van der Waals surface area contributed by atoms with E-state index in [0.29, 0.717) is 5.41 Å². The third kappa shape index (κ3) is 4.44. The zero-order valence-corrected chi connectivity index (χ0v) is 13.6. The molecule has 0 aromatic rings. The molecule has 0 unspecified atom stereocenters. The molecule has 0 aromatic carbocycles. The first-order chi connectivity index (χ1) is 9.58. The van der Waals surface area contributed by atoms with Crippen LogP contribution in [-0.4, -0.2) is 48.8 Å². The maximum Gasteiger partial charge on any atom is 0.0774 e. The van der Waals surface area contributed by atoms with Gasteiger partial charge < -0.3 is 15.3 Å². The van der Waals surface area contributed by atoms with Crippen LogP contribution < -0.4 is 5.32 Å². The molecule has 0 radical (unpaired) electrons. The van der Waals surface area contributed by atoms with Crippen molar-refractivity contribution in [1.82, 2.24) is 10.2 Å². The van der Waals surface area contributed by atoms with E-state index in [-0.39, 0.29) is 0 Å². The Bertz CT molecular complexity index is 281. The standard InChI is InChI=1S/C17H34N2O/c1-3-18-13-16(9-5-4-6-10-16)14-19(2)15-17(20)11-7-8-12-17/h18,20H,3-15H2,1-2H3. The lowest BCUT2D eigenvalue weighted by Gasteiger charge is -2.42. The molecule has 118 valence electrons. The van der Waals surface area contributed by atoms with Gasteiger partial charge in [0.15, 0.2) is 0 Å². The highest BCUT2D eigenvalue weighted by Crippen LogP contribution is 2.37. The third-order valence-electron chi connectivity index (χ3n) is 5.37. The molecule has 0 amide bonds. The van der Waals surface area contributed by atoms with Crippen LogP contribution >= 0.6 is 0 Å². The van der Waals surface area contributed by atoms with Crippen molar-refractivity contribution >= 4 is 0 Å². The first kappa shape index (κ1) is 16.3. The molecular weight excluding hydrogens is 248 g/mol. The van der Waals surface area contributed by atoms with E-state index < -0.39 is 5.60 Å². The second kappa shape index (κ2) is 7.24. The normalized spacial score (nSPS) is 25.2. The van der Waals surface area contributed by atoms with Crippen LogP contribution in [0.15, 0.2) is 0 Å². The van der Waals surface area contributed by atoms with E-state index in [1.807, 2.05) is 0 Å². The molecule has 0 aromatic heterocycles. The van der Waals surface area contributed by atoms with Gasteiger partial charge in [-0.3, -0.25) is 0 Å². The third-order valence-corrected chi connectivity index (χ3v) is 5.37. The summed E-state index contributed by atoms with van der Waals surface area (Å²) in [5.41, 5.74) is 0.0424. The molecule has 2 N–H and O–H groups in total. The topological polar surface area (TPSA) is 35.5 Å². The lowest BCUT2D eigenvalue weighted by Crippen LogP contribution is -2.48. The summed E-state index contributed by atoms with van der Waals surface area (Å²) in [5.74, 6) is 0. The smallest absolute Gasteiger partial charge is 0.0774 e. The fraction of sp³-hybridized carbons (Fsp3) is 1.00. The number of rotatable bonds is 7. The molecule has 0 aliphatic heterocycles. The molecule has 20 heavy (non-hydrogen) atoms. The van der Waals surface area contributed by atoms with Crippen LogP contribution in [0.25, 0.3) is 0 Å². The highest BCUT2D eigenvalue weighted by molar-refractivity contribution is 4.91. The average molecular weight is 282 g/mol. The Balaban J connectivity index is 1.89. The van der Waals surface area contributed by atoms with Gasteiger partial charge in [0.25, 0.3) is 0 Å². The van der Waals surface area contributed by atoms with Gasteiger partial charge in [-0.2, -0.15) is 0 Å². The second-order valence-electron chi connectivity index (χ2n) is 7.44. The molecule has 3 heteroatoms. The quantitative estimate of drug-likeness (QED) is 0.754. The van der Waals surface area contributed by atoms with E-state index in [2.05, 4.69) is 24.2 Å². The van der Waals surface area contributed by atoms with E-state index >= 15 is 0 Å². The molecule has 2 aliphatic carbocycles. The van der Waals surface area contributed by atoms with Gasteiger partial charge in [-0.25, -0.2) is 0 Å². The maximum atomic E-state index is 10.6. The predicted octanol–water partition coefficient (Wildman–Crippen LogP) is 2.78. The van der Waals surface area contributed by atoms with Crippen molar-refractivity contribution in [2.45, 2.75) is 70.3 Å². The highest BCUT2D eigenvalue weighted by Gasteiger charge is 2.36. The van der Waals surface area contributed by atoms with E-state index in [1.54, 1.807) is 0 Å². The fourth-order valence-electron chi connectivity index (χ4n) is 4.40. The number of aliphatic hydroxyl groups is 1. The van der Waals surface area contributed by atoms with Crippen molar-refractivity contribution in [3.05, 3.63) is 0 Å². The van der Waals surface area contributed by atoms with Crippen molar-refractivity contribution < 1.29 is 5.11 Å². The van der Waals surface area contributed by atoms with Gasteiger partial charge in [0.1, 0.15) is 0 Å². The van der Waals surface area contributed by atoms with Crippen molar-refractivity contribution in [2.24, 2.45) is 5.41 Å². The van der Waals surface area contributed by atoms with Crippen LogP contribution in [0.3, 0.4) is 0 Å². The van der Waals surface area contributed by atoms with Gasteiger partial charge in [0.05, 0.1) is 5.60 Å². The molecule has 3 nitrogen and oxygen atoms in total. The maximum absolute atomic E-state index is 10.6. The minimum absolute atomic E-state index is 0.400.